The maximum absolute atomic E-state index is 12.8. The molecule has 116 valence electrons. The first-order valence-corrected chi connectivity index (χ1v) is 6.96. The van der Waals surface area contributed by atoms with E-state index in [0.717, 1.165) is 12.5 Å². The molecule has 1 unspecified atom stereocenters. The van der Waals surface area contributed by atoms with Crippen LogP contribution in [-0.2, 0) is 6.18 Å². The molecule has 1 heterocycles. The average Bonchev–Trinajstić information content (AvgIpc) is 2.86. The lowest BCUT2D eigenvalue weighted by molar-refractivity contribution is -0.136. The minimum absolute atomic E-state index is 0.0609. The van der Waals surface area contributed by atoms with E-state index in [4.69, 9.17) is 5.73 Å². The molecule has 6 heteroatoms. The van der Waals surface area contributed by atoms with E-state index in [1.807, 2.05) is 0 Å². The second-order valence-electron chi connectivity index (χ2n) is 5.81. The predicted molar refractivity (Wildman–Crippen MR) is 74.7 cm³/mol. The van der Waals surface area contributed by atoms with Crippen molar-refractivity contribution < 1.29 is 18.0 Å². The van der Waals surface area contributed by atoms with Gasteiger partial charge in [0.15, 0.2) is 0 Å². The summed E-state index contributed by atoms with van der Waals surface area (Å²) in [7, 11) is 0. The molecule has 0 saturated carbocycles. The number of halogens is 3. The summed E-state index contributed by atoms with van der Waals surface area (Å²) in [6.45, 7) is 5.30. The number of carbonyl (C=O) groups is 1. The number of anilines is 1. The third kappa shape index (κ3) is 3.14. The zero-order valence-electron chi connectivity index (χ0n) is 12.1. The summed E-state index contributed by atoms with van der Waals surface area (Å²) < 4.78 is 38.5. The van der Waals surface area contributed by atoms with E-state index in [-0.39, 0.29) is 5.56 Å². The summed E-state index contributed by atoms with van der Waals surface area (Å²) in [5.41, 5.74) is 4.07. The summed E-state index contributed by atoms with van der Waals surface area (Å²) in [6.07, 6.45) is -3.67. The van der Waals surface area contributed by atoms with Gasteiger partial charge in [0.1, 0.15) is 0 Å². The molecular formula is C15H19F3N2O. The number of nitrogen functional groups attached to an aromatic ring is 1. The summed E-state index contributed by atoms with van der Waals surface area (Å²) in [5.74, 6) is 0.421. The van der Waals surface area contributed by atoms with Gasteiger partial charge in [-0.25, -0.2) is 0 Å². The highest BCUT2D eigenvalue weighted by Crippen LogP contribution is 2.35. The standard InChI is InChI=1S/C15H19F3N2O/c1-9(2)10-6-7-20(8-10)14(21)11-4-3-5-12(13(11)19)15(16,17)18/h3-5,9-10H,6-8,19H2,1-2H3. The van der Waals surface area contributed by atoms with Crippen LogP contribution in [0.25, 0.3) is 0 Å². The molecule has 1 aliphatic rings. The number of nitrogens with zero attached hydrogens (tertiary/aromatic N) is 1. The number of carbonyl (C=O) groups excluding carboxylic acids is 1. The lowest BCUT2D eigenvalue weighted by Crippen LogP contribution is -2.30. The molecule has 1 atom stereocenters. The molecule has 0 aromatic heterocycles. The number of hydrogen-bond acceptors (Lipinski definition) is 2. The van der Waals surface area contributed by atoms with Gasteiger partial charge in [0.25, 0.3) is 5.91 Å². The van der Waals surface area contributed by atoms with Crippen molar-refractivity contribution in [2.45, 2.75) is 26.4 Å². The van der Waals surface area contributed by atoms with E-state index in [2.05, 4.69) is 13.8 Å². The largest absolute Gasteiger partial charge is 0.418 e. The van der Waals surface area contributed by atoms with Gasteiger partial charge in [0.05, 0.1) is 16.8 Å². The molecule has 1 amide bonds. The molecule has 0 spiro atoms. The zero-order chi connectivity index (χ0) is 15.8. The van der Waals surface area contributed by atoms with Crippen LogP contribution in [0.5, 0.6) is 0 Å². The average molecular weight is 300 g/mol. The van der Waals surface area contributed by atoms with E-state index < -0.39 is 23.3 Å². The van der Waals surface area contributed by atoms with Gasteiger partial charge in [-0.15, -0.1) is 0 Å². The van der Waals surface area contributed by atoms with Crippen LogP contribution in [0.2, 0.25) is 0 Å². The molecule has 2 rings (SSSR count). The monoisotopic (exact) mass is 300 g/mol. The van der Waals surface area contributed by atoms with Crippen molar-refractivity contribution in [2.24, 2.45) is 11.8 Å². The maximum Gasteiger partial charge on any atom is 0.418 e. The van der Waals surface area contributed by atoms with E-state index in [0.29, 0.717) is 24.9 Å². The highest BCUT2D eigenvalue weighted by Gasteiger charge is 2.36. The van der Waals surface area contributed by atoms with Crippen molar-refractivity contribution in [2.75, 3.05) is 18.8 Å². The van der Waals surface area contributed by atoms with Gasteiger partial charge in [0.2, 0.25) is 0 Å². The van der Waals surface area contributed by atoms with Gasteiger partial charge in [-0.1, -0.05) is 19.9 Å². The van der Waals surface area contributed by atoms with E-state index >= 15 is 0 Å². The highest BCUT2D eigenvalue weighted by molar-refractivity contribution is 6.00. The second-order valence-corrected chi connectivity index (χ2v) is 5.81. The second kappa shape index (κ2) is 5.58. The Kier molecular flexibility index (Phi) is 4.16. The van der Waals surface area contributed by atoms with Crippen LogP contribution in [0.4, 0.5) is 18.9 Å². The number of alkyl halides is 3. The Balaban J connectivity index is 2.25. The van der Waals surface area contributed by atoms with Crippen molar-refractivity contribution >= 4 is 11.6 Å². The van der Waals surface area contributed by atoms with E-state index in [1.54, 1.807) is 4.90 Å². The molecule has 0 bridgehead atoms. The number of amides is 1. The minimum atomic E-state index is -4.55. The fourth-order valence-electron chi connectivity index (χ4n) is 2.69. The van der Waals surface area contributed by atoms with Gasteiger partial charge in [-0.3, -0.25) is 4.79 Å². The number of benzene rings is 1. The molecule has 1 aromatic carbocycles. The van der Waals surface area contributed by atoms with Gasteiger partial charge in [-0.2, -0.15) is 13.2 Å². The first kappa shape index (κ1) is 15.7. The summed E-state index contributed by atoms with van der Waals surface area (Å²) in [6, 6.07) is 3.48. The molecule has 1 aromatic rings. The first-order chi connectivity index (χ1) is 9.71. The van der Waals surface area contributed by atoms with E-state index in [9.17, 15) is 18.0 Å². The molecule has 2 N–H and O–H groups in total. The van der Waals surface area contributed by atoms with Crippen LogP contribution in [0.15, 0.2) is 18.2 Å². The van der Waals surface area contributed by atoms with Crippen LogP contribution >= 0.6 is 0 Å². The lowest BCUT2D eigenvalue weighted by atomic mass is 9.95. The molecule has 3 nitrogen and oxygen atoms in total. The van der Waals surface area contributed by atoms with Crippen molar-refractivity contribution in [1.82, 2.24) is 4.90 Å². The molecule has 21 heavy (non-hydrogen) atoms. The Morgan fingerprint density at radius 3 is 2.57 bits per heavy atom. The van der Waals surface area contributed by atoms with Crippen LogP contribution in [-0.4, -0.2) is 23.9 Å². The fraction of sp³-hybridized carbons (Fsp3) is 0.533. The Labute approximate surface area is 121 Å². The van der Waals surface area contributed by atoms with Crippen molar-refractivity contribution in [3.8, 4) is 0 Å². The third-order valence-electron chi connectivity index (χ3n) is 4.10. The van der Waals surface area contributed by atoms with Gasteiger partial charge in [-0.05, 0) is 30.4 Å². The molecular weight excluding hydrogens is 281 g/mol. The number of rotatable bonds is 2. The molecule has 1 saturated heterocycles. The number of hydrogen-bond donors (Lipinski definition) is 1. The van der Waals surface area contributed by atoms with Crippen molar-refractivity contribution in [3.05, 3.63) is 29.3 Å². The van der Waals surface area contributed by atoms with Gasteiger partial charge < -0.3 is 10.6 Å². The third-order valence-corrected chi connectivity index (χ3v) is 4.10. The van der Waals surface area contributed by atoms with Crippen LogP contribution in [0.3, 0.4) is 0 Å². The Morgan fingerprint density at radius 1 is 1.38 bits per heavy atom. The van der Waals surface area contributed by atoms with Crippen molar-refractivity contribution in [1.29, 1.82) is 0 Å². The fourth-order valence-corrected chi connectivity index (χ4v) is 2.69. The zero-order valence-corrected chi connectivity index (χ0v) is 12.1. The van der Waals surface area contributed by atoms with Crippen LogP contribution in [0.1, 0.15) is 36.2 Å². The van der Waals surface area contributed by atoms with Crippen LogP contribution < -0.4 is 5.73 Å². The first-order valence-electron chi connectivity index (χ1n) is 6.96. The Morgan fingerprint density at radius 2 is 2.05 bits per heavy atom. The Bertz CT molecular complexity index is 540. The quantitative estimate of drug-likeness (QED) is 0.851. The van der Waals surface area contributed by atoms with Crippen LogP contribution in [0, 0.1) is 11.8 Å². The maximum atomic E-state index is 12.8. The smallest absolute Gasteiger partial charge is 0.398 e. The highest BCUT2D eigenvalue weighted by atomic mass is 19.4. The topological polar surface area (TPSA) is 46.3 Å². The lowest BCUT2D eigenvalue weighted by Gasteiger charge is -2.20. The Hall–Kier alpha value is -1.72. The molecule has 1 fully saturated rings. The molecule has 0 aliphatic carbocycles. The number of para-hydroxylation sites is 1. The molecule has 0 radical (unpaired) electrons. The number of nitrogens with two attached hydrogens (primary N) is 1. The van der Waals surface area contributed by atoms with Gasteiger partial charge >= 0.3 is 6.18 Å². The summed E-state index contributed by atoms with van der Waals surface area (Å²) in [4.78, 5) is 14.0. The van der Waals surface area contributed by atoms with E-state index in [1.165, 1.54) is 12.1 Å². The predicted octanol–water partition coefficient (Wildman–Crippen LogP) is 3.41. The summed E-state index contributed by atoms with van der Waals surface area (Å²) in [5, 5.41) is 0. The van der Waals surface area contributed by atoms with Crippen molar-refractivity contribution in [3.63, 3.8) is 0 Å². The van der Waals surface area contributed by atoms with Gasteiger partial charge in [0, 0.05) is 13.1 Å². The number of likely N-dealkylation sites (tertiary alicyclic amines) is 1. The SMILES string of the molecule is CC(C)C1CCN(C(=O)c2cccc(C(F)(F)F)c2N)C1. The normalized spacial score (nSPS) is 19.3. The minimum Gasteiger partial charge on any atom is -0.398 e. The molecule has 1 aliphatic heterocycles. The summed E-state index contributed by atoms with van der Waals surface area (Å²) >= 11 is 0.